The predicted molar refractivity (Wildman–Crippen MR) is 40.5 cm³/mol. The molecule has 0 N–H and O–H groups in total. The van der Waals surface area contributed by atoms with Crippen LogP contribution in [0.25, 0.3) is 0 Å². The van der Waals surface area contributed by atoms with Gasteiger partial charge in [-0.2, -0.15) is 0 Å². The van der Waals surface area contributed by atoms with Crippen molar-refractivity contribution < 1.29 is 0 Å². The molecule has 0 aliphatic rings. The number of rotatable bonds is 2. The van der Waals surface area contributed by atoms with Gasteiger partial charge in [0.15, 0.2) is 0 Å². The van der Waals surface area contributed by atoms with Crippen molar-refractivity contribution in [1.29, 1.82) is 0 Å². The molecule has 0 saturated carbocycles. The summed E-state index contributed by atoms with van der Waals surface area (Å²) < 4.78 is 0. The maximum atomic E-state index is 5.21. The average Bonchev–Trinajstić information content (AvgIpc) is 1.59. The van der Waals surface area contributed by atoms with E-state index < -0.39 is 0 Å². The standard InChI is InChI=1S/C7H14B/c1-7(2,3)5-4-6-8/h6H,4-5H2,1-3H3. The van der Waals surface area contributed by atoms with E-state index in [0.717, 1.165) is 6.42 Å². The SMILES string of the molecule is [B]=CCCC(C)(C)C. The molecule has 1 radical (unpaired) electrons. The third-order valence-electron chi connectivity index (χ3n) is 1.06. The van der Waals surface area contributed by atoms with E-state index in [0.29, 0.717) is 5.41 Å². The Balaban J connectivity index is 3.24. The molecule has 0 aliphatic carbocycles. The number of hydrogen-bond donors (Lipinski definition) is 0. The molecule has 0 aromatic carbocycles. The molecule has 0 fully saturated rings. The fourth-order valence-corrected chi connectivity index (χ4v) is 0.516. The van der Waals surface area contributed by atoms with Crippen molar-refractivity contribution in [2.75, 3.05) is 0 Å². The van der Waals surface area contributed by atoms with Crippen LogP contribution in [-0.4, -0.2) is 13.5 Å². The minimum absolute atomic E-state index is 0.440. The average molecular weight is 109 g/mol. The van der Waals surface area contributed by atoms with Crippen molar-refractivity contribution in [3.63, 3.8) is 0 Å². The molecule has 8 heavy (non-hydrogen) atoms. The Labute approximate surface area is 53.4 Å². The van der Waals surface area contributed by atoms with Gasteiger partial charge in [-0.05, 0) is 0 Å². The van der Waals surface area contributed by atoms with Crippen LogP contribution >= 0.6 is 0 Å². The Morgan fingerprint density at radius 3 is 2.00 bits per heavy atom. The molecule has 0 heterocycles. The molecule has 0 atom stereocenters. The van der Waals surface area contributed by atoms with Gasteiger partial charge in [-0.1, -0.05) is 0 Å². The van der Waals surface area contributed by atoms with E-state index in [1.807, 2.05) is 0 Å². The first-order chi connectivity index (χ1) is 3.56. The zero-order valence-electron chi connectivity index (χ0n) is 6.07. The third kappa shape index (κ3) is 5.93. The fourth-order valence-electron chi connectivity index (χ4n) is 0.516. The summed E-state index contributed by atoms with van der Waals surface area (Å²) in [6.45, 7) is 6.66. The van der Waals surface area contributed by atoms with E-state index in [9.17, 15) is 0 Å². The van der Waals surface area contributed by atoms with Gasteiger partial charge < -0.3 is 0 Å². The molecule has 0 aromatic rings. The summed E-state index contributed by atoms with van der Waals surface area (Å²) in [5.41, 5.74) is 0.440. The Hall–Kier alpha value is -0.0651. The van der Waals surface area contributed by atoms with E-state index in [2.05, 4.69) is 20.8 Å². The molecule has 0 nitrogen and oxygen atoms in total. The zero-order valence-corrected chi connectivity index (χ0v) is 6.07. The number of hydrogen-bond acceptors (Lipinski definition) is 0. The first-order valence-corrected chi connectivity index (χ1v) is 3.10. The van der Waals surface area contributed by atoms with E-state index in [4.69, 9.17) is 7.49 Å². The molecular formula is C7H14B. The summed E-state index contributed by atoms with van der Waals surface area (Å²) in [6, 6.07) is 0. The molecule has 45 valence electrons. The first kappa shape index (κ1) is 7.93. The molecule has 0 rings (SSSR count). The second kappa shape index (κ2) is 3.06. The van der Waals surface area contributed by atoms with Gasteiger partial charge in [-0.15, -0.1) is 0 Å². The quantitative estimate of drug-likeness (QED) is 0.474. The van der Waals surface area contributed by atoms with Gasteiger partial charge in [0.1, 0.15) is 0 Å². The summed E-state index contributed by atoms with van der Waals surface area (Å²) in [4.78, 5) is 0. The molecule has 0 bridgehead atoms. The van der Waals surface area contributed by atoms with Crippen molar-refractivity contribution >= 4 is 13.5 Å². The van der Waals surface area contributed by atoms with Gasteiger partial charge in [0.25, 0.3) is 0 Å². The molecule has 0 amide bonds. The predicted octanol–water partition coefficient (Wildman–Crippen LogP) is 1.78. The zero-order chi connectivity index (χ0) is 6.62. The van der Waals surface area contributed by atoms with Crippen LogP contribution in [0.15, 0.2) is 0 Å². The summed E-state index contributed by atoms with van der Waals surface area (Å²) in [5.74, 6) is 1.73. The normalized spacial score (nSPS) is 11.2. The maximum absolute atomic E-state index is 5.21. The van der Waals surface area contributed by atoms with Crippen LogP contribution in [-0.2, 0) is 0 Å². The molecule has 0 aliphatic heterocycles. The van der Waals surface area contributed by atoms with E-state index >= 15 is 0 Å². The van der Waals surface area contributed by atoms with Gasteiger partial charge in [-0.25, -0.2) is 0 Å². The third-order valence-corrected chi connectivity index (χ3v) is 1.06. The van der Waals surface area contributed by atoms with Crippen LogP contribution in [0.3, 0.4) is 0 Å². The van der Waals surface area contributed by atoms with Crippen LogP contribution in [0.5, 0.6) is 0 Å². The minimum atomic E-state index is 0.440. The van der Waals surface area contributed by atoms with E-state index in [1.165, 1.54) is 6.42 Å². The van der Waals surface area contributed by atoms with Gasteiger partial charge in [0, 0.05) is 0 Å². The molecule has 0 spiro atoms. The summed E-state index contributed by atoms with van der Waals surface area (Å²) >= 11 is 0. The molecule has 0 aromatic heterocycles. The van der Waals surface area contributed by atoms with E-state index in [-0.39, 0.29) is 0 Å². The Morgan fingerprint density at radius 1 is 1.38 bits per heavy atom. The molecule has 0 saturated heterocycles. The summed E-state index contributed by atoms with van der Waals surface area (Å²) in [6.07, 6.45) is 2.22. The van der Waals surface area contributed by atoms with Gasteiger partial charge >= 0.3 is 52.5 Å². The topological polar surface area (TPSA) is 0 Å². The van der Waals surface area contributed by atoms with Gasteiger partial charge in [-0.3, -0.25) is 0 Å². The van der Waals surface area contributed by atoms with Crippen molar-refractivity contribution in [3.8, 4) is 0 Å². The molecule has 1 heteroatoms. The summed E-state index contributed by atoms with van der Waals surface area (Å²) in [7, 11) is 5.21. The van der Waals surface area contributed by atoms with Crippen molar-refractivity contribution in [2.24, 2.45) is 5.41 Å². The molecule has 0 unspecified atom stereocenters. The van der Waals surface area contributed by atoms with E-state index in [1.54, 1.807) is 5.97 Å². The second-order valence-electron chi connectivity index (χ2n) is 3.34. The van der Waals surface area contributed by atoms with Gasteiger partial charge in [0.05, 0.1) is 0 Å². The monoisotopic (exact) mass is 109 g/mol. The van der Waals surface area contributed by atoms with Crippen LogP contribution in [0.1, 0.15) is 33.6 Å². The summed E-state index contributed by atoms with van der Waals surface area (Å²) in [5, 5.41) is 0. The Morgan fingerprint density at radius 2 is 1.88 bits per heavy atom. The fraction of sp³-hybridized carbons (Fsp3) is 0.857. The van der Waals surface area contributed by atoms with Crippen LogP contribution in [0.4, 0.5) is 0 Å². The Bertz CT molecular complexity index is 68.9. The van der Waals surface area contributed by atoms with Crippen molar-refractivity contribution in [2.45, 2.75) is 33.6 Å². The van der Waals surface area contributed by atoms with Crippen molar-refractivity contribution in [1.82, 2.24) is 0 Å². The van der Waals surface area contributed by atoms with Crippen LogP contribution < -0.4 is 0 Å². The van der Waals surface area contributed by atoms with Gasteiger partial charge in [0.2, 0.25) is 0 Å². The Kier molecular flexibility index (Phi) is 3.03. The van der Waals surface area contributed by atoms with Crippen molar-refractivity contribution in [3.05, 3.63) is 0 Å². The molecular weight excluding hydrogens is 94.9 g/mol. The first-order valence-electron chi connectivity index (χ1n) is 3.10. The van der Waals surface area contributed by atoms with Crippen LogP contribution in [0, 0.1) is 5.41 Å². The van der Waals surface area contributed by atoms with Crippen LogP contribution in [0.2, 0.25) is 0 Å². The second-order valence-corrected chi connectivity index (χ2v) is 3.34.